The van der Waals surface area contributed by atoms with Crippen molar-refractivity contribution in [1.82, 2.24) is 4.98 Å². The van der Waals surface area contributed by atoms with Gasteiger partial charge in [0.2, 0.25) is 5.82 Å². The second-order valence-electron chi connectivity index (χ2n) is 4.59. The molecule has 0 amide bonds. The molecule has 0 saturated heterocycles. The van der Waals surface area contributed by atoms with E-state index in [1.807, 2.05) is 6.92 Å². The lowest BCUT2D eigenvalue weighted by Gasteiger charge is -2.32. The first-order chi connectivity index (χ1) is 8.61. The highest BCUT2D eigenvalue weighted by Crippen LogP contribution is 2.32. The molecule has 7 nitrogen and oxygen atoms in total. The Hall–Kier alpha value is -1.89. The second kappa shape index (κ2) is 5.18. The van der Waals surface area contributed by atoms with E-state index in [0.717, 1.165) is 12.8 Å². The van der Waals surface area contributed by atoms with Crippen LogP contribution in [0, 0.1) is 16.0 Å². The molecule has 0 aromatic carbocycles. The second-order valence-corrected chi connectivity index (χ2v) is 4.59. The first-order valence-corrected chi connectivity index (χ1v) is 6.00. The molecule has 1 unspecified atom stereocenters. The molecule has 7 heteroatoms. The average Bonchev–Trinajstić information content (AvgIpc) is 2.25. The maximum atomic E-state index is 10.9. The van der Waals surface area contributed by atoms with Crippen molar-refractivity contribution in [2.45, 2.75) is 32.2 Å². The molecule has 1 atom stereocenters. The number of pyridine rings is 1. The molecule has 1 aromatic heterocycles. The maximum Gasteiger partial charge on any atom is 0.311 e. The van der Waals surface area contributed by atoms with Gasteiger partial charge in [-0.05, 0) is 31.7 Å². The predicted molar refractivity (Wildman–Crippen MR) is 69.1 cm³/mol. The van der Waals surface area contributed by atoms with Crippen molar-refractivity contribution in [3.8, 4) is 0 Å². The lowest BCUT2D eigenvalue weighted by Crippen LogP contribution is -2.31. The molecule has 2 rings (SSSR count). The van der Waals surface area contributed by atoms with Gasteiger partial charge in [0.1, 0.15) is 5.82 Å². The van der Waals surface area contributed by atoms with Crippen LogP contribution in [0.25, 0.3) is 0 Å². The SMILES string of the molecule is CC(Nc1nc(NN)ccc1[N+](=O)[O-])C1CCC1. The van der Waals surface area contributed by atoms with Crippen LogP contribution in [0.3, 0.4) is 0 Å². The van der Waals surface area contributed by atoms with Crippen molar-refractivity contribution in [2.75, 3.05) is 10.7 Å². The van der Waals surface area contributed by atoms with E-state index >= 15 is 0 Å². The lowest BCUT2D eigenvalue weighted by atomic mass is 9.80. The number of nitrogens with one attached hydrogen (secondary N) is 2. The first-order valence-electron chi connectivity index (χ1n) is 6.00. The zero-order valence-corrected chi connectivity index (χ0v) is 10.2. The summed E-state index contributed by atoms with van der Waals surface area (Å²) < 4.78 is 0. The Morgan fingerprint density at radius 3 is 2.78 bits per heavy atom. The normalized spacial score (nSPS) is 16.8. The van der Waals surface area contributed by atoms with E-state index in [4.69, 9.17) is 5.84 Å². The van der Waals surface area contributed by atoms with Crippen molar-refractivity contribution in [3.05, 3.63) is 22.2 Å². The van der Waals surface area contributed by atoms with E-state index < -0.39 is 4.92 Å². The Morgan fingerprint density at radius 2 is 2.28 bits per heavy atom. The smallest absolute Gasteiger partial charge is 0.311 e. The summed E-state index contributed by atoms with van der Waals surface area (Å²) in [5, 5.41) is 14.1. The third-order valence-electron chi connectivity index (χ3n) is 3.44. The van der Waals surface area contributed by atoms with Gasteiger partial charge in [0.05, 0.1) is 4.92 Å². The molecule has 0 spiro atoms. The van der Waals surface area contributed by atoms with Gasteiger partial charge in [-0.25, -0.2) is 10.8 Å². The topological polar surface area (TPSA) is 106 Å². The summed E-state index contributed by atoms with van der Waals surface area (Å²) >= 11 is 0. The largest absolute Gasteiger partial charge is 0.362 e. The van der Waals surface area contributed by atoms with Gasteiger partial charge in [-0.15, -0.1) is 0 Å². The highest BCUT2D eigenvalue weighted by atomic mass is 16.6. The number of hydrogen-bond acceptors (Lipinski definition) is 6. The minimum Gasteiger partial charge on any atom is -0.362 e. The number of nitro groups is 1. The van der Waals surface area contributed by atoms with E-state index in [9.17, 15) is 10.1 Å². The Morgan fingerprint density at radius 1 is 1.56 bits per heavy atom. The molecule has 1 aliphatic carbocycles. The zero-order valence-electron chi connectivity index (χ0n) is 10.2. The van der Waals surface area contributed by atoms with Crippen molar-refractivity contribution < 1.29 is 4.92 Å². The summed E-state index contributed by atoms with van der Waals surface area (Å²) in [5.41, 5.74) is 2.36. The molecule has 1 fully saturated rings. The Balaban J connectivity index is 2.19. The zero-order chi connectivity index (χ0) is 13.1. The summed E-state index contributed by atoms with van der Waals surface area (Å²) in [7, 11) is 0. The van der Waals surface area contributed by atoms with E-state index in [-0.39, 0.29) is 17.5 Å². The van der Waals surface area contributed by atoms with Crippen LogP contribution in [0.4, 0.5) is 17.3 Å². The van der Waals surface area contributed by atoms with Gasteiger partial charge in [-0.3, -0.25) is 10.1 Å². The van der Waals surface area contributed by atoms with Gasteiger partial charge in [0.15, 0.2) is 0 Å². The summed E-state index contributed by atoms with van der Waals surface area (Å²) in [6.45, 7) is 2.03. The summed E-state index contributed by atoms with van der Waals surface area (Å²) in [5.74, 6) is 6.51. The lowest BCUT2D eigenvalue weighted by molar-refractivity contribution is -0.384. The van der Waals surface area contributed by atoms with Crippen molar-refractivity contribution >= 4 is 17.3 Å². The number of nitrogen functional groups attached to an aromatic ring is 1. The number of nitrogens with two attached hydrogens (primary N) is 1. The standard InChI is InChI=1S/C11H17N5O2/c1-7(8-3-2-4-8)13-11-9(16(17)18)5-6-10(14-11)15-12/h5-8H,2-4,12H2,1H3,(H2,13,14,15). The monoisotopic (exact) mass is 251 g/mol. The first kappa shape index (κ1) is 12.6. The van der Waals surface area contributed by atoms with Gasteiger partial charge in [-0.2, -0.15) is 0 Å². The number of hydrogen-bond donors (Lipinski definition) is 3. The quantitative estimate of drug-likeness (QED) is 0.419. The number of aromatic nitrogens is 1. The molecule has 1 saturated carbocycles. The van der Waals surface area contributed by atoms with Crippen molar-refractivity contribution in [2.24, 2.45) is 11.8 Å². The van der Waals surface area contributed by atoms with Crippen LogP contribution in [0.5, 0.6) is 0 Å². The molecular formula is C11H17N5O2. The van der Waals surface area contributed by atoms with Gasteiger partial charge < -0.3 is 10.7 Å². The van der Waals surface area contributed by atoms with Crippen LogP contribution >= 0.6 is 0 Å². The van der Waals surface area contributed by atoms with Crippen LogP contribution < -0.4 is 16.6 Å². The highest BCUT2D eigenvalue weighted by molar-refractivity contribution is 5.60. The molecule has 1 aromatic rings. The van der Waals surface area contributed by atoms with Crippen LogP contribution in [-0.2, 0) is 0 Å². The fourth-order valence-corrected chi connectivity index (χ4v) is 2.06. The molecule has 18 heavy (non-hydrogen) atoms. The Bertz CT molecular complexity index is 447. The highest BCUT2D eigenvalue weighted by Gasteiger charge is 2.26. The van der Waals surface area contributed by atoms with Gasteiger partial charge in [-0.1, -0.05) is 6.42 Å². The molecular weight excluding hydrogens is 234 g/mol. The number of rotatable bonds is 5. The fourth-order valence-electron chi connectivity index (χ4n) is 2.06. The van der Waals surface area contributed by atoms with Crippen molar-refractivity contribution in [1.29, 1.82) is 0 Å². The van der Waals surface area contributed by atoms with E-state index in [1.165, 1.54) is 18.6 Å². The van der Waals surface area contributed by atoms with Crippen LogP contribution in [0.2, 0.25) is 0 Å². The van der Waals surface area contributed by atoms with Crippen molar-refractivity contribution in [3.63, 3.8) is 0 Å². The minimum absolute atomic E-state index is 0.0276. The fraction of sp³-hybridized carbons (Fsp3) is 0.545. The van der Waals surface area contributed by atoms with Crippen LogP contribution in [-0.4, -0.2) is 15.9 Å². The number of anilines is 2. The molecule has 0 bridgehead atoms. The Kier molecular flexibility index (Phi) is 3.61. The summed E-state index contributed by atoms with van der Waals surface area (Å²) in [6, 6.07) is 3.06. The van der Waals surface area contributed by atoms with Gasteiger partial charge in [0, 0.05) is 12.1 Å². The Labute approximate surface area is 105 Å². The van der Waals surface area contributed by atoms with E-state index in [0.29, 0.717) is 11.7 Å². The number of hydrazine groups is 1. The maximum absolute atomic E-state index is 10.9. The van der Waals surface area contributed by atoms with Crippen LogP contribution in [0.1, 0.15) is 26.2 Å². The third kappa shape index (κ3) is 2.51. The summed E-state index contributed by atoms with van der Waals surface area (Å²) in [6.07, 6.45) is 3.56. The van der Waals surface area contributed by atoms with E-state index in [2.05, 4.69) is 15.7 Å². The average molecular weight is 251 g/mol. The summed E-state index contributed by atoms with van der Waals surface area (Å²) in [4.78, 5) is 14.6. The molecule has 0 aliphatic heterocycles. The minimum atomic E-state index is -0.441. The molecule has 1 aliphatic rings. The van der Waals surface area contributed by atoms with Crippen LogP contribution in [0.15, 0.2) is 12.1 Å². The third-order valence-corrected chi connectivity index (χ3v) is 3.44. The van der Waals surface area contributed by atoms with E-state index in [1.54, 1.807) is 0 Å². The molecule has 1 heterocycles. The molecule has 0 radical (unpaired) electrons. The molecule has 4 N–H and O–H groups in total. The van der Waals surface area contributed by atoms with Gasteiger partial charge >= 0.3 is 5.69 Å². The number of nitrogens with zero attached hydrogens (tertiary/aromatic N) is 2. The predicted octanol–water partition coefficient (Wildman–Crippen LogP) is 1.88. The molecule has 98 valence electrons. The van der Waals surface area contributed by atoms with Gasteiger partial charge in [0.25, 0.3) is 0 Å².